The molecular formula is C19H38N2O4. The van der Waals surface area contributed by atoms with Gasteiger partial charge in [0.15, 0.2) is 0 Å². The van der Waals surface area contributed by atoms with Crippen LogP contribution in [0.15, 0.2) is 0 Å². The number of aliphatic hydroxyl groups excluding tert-OH is 2. The molecule has 2 aliphatic heterocycles. The van der Waals surface area contributed by atoms with Crippen LogP contribution in [0.25, 0.3) is 0 Å². The normalized spacial score (nSPS) is 33.5. The third kappa shape index (κ3) is 6.45. The molecule has 0 aliphatic carbocycles. The van der Waals surface area contributed by atoms with E-state index < -0.39 is 0 Å². The standard InChI is InChI=1S/C19H38N2O4/c1-4-20-8-5-18(22)16(11-20)14-25-10-7-15(2)21-9-6-19(23)17(12-21)13-24-3/h15-19,22-23H,4-14H2,1-3H3/t15?,16-,17?,18-,19?/m0/s1. The van der Waals surface area contributed by atoms with Crippen molar-refractivity contribution in [2.45, 2.75) is 51.4 Å². The zero-order valence-corrected chi connectivity index (χ0v) is 16.3. The smallest absolute Gasteiger partial charge is 0.0614 e. The first-order chi connectivity index (χ1) is 12.0. The Bertz CT molecular complexity index is 371. The van der Waals surface area contributed by atoms with E-state index in [9.17, 15) is 10.2 Å². The molecule has 0 radical (unpaired) electrons. The summed E-state index contributed by atoms with van der Waals surface area (Å²) in [5, 5.41) is 20.2. The lowest BCUT2D eigenvalue weighted by Gasteiger charge is -2.39. The van der Waals surface area contributed by atoms with E-state index in [1.165, 1.54) is 0 Å². The van der Waals surface area contributed by atoms with Crippen LogP contribution in [-0.2, 0) is 9.47 Å². The zero-order valence-electron chi connectivity index (χ0n) is 16.3. The summed E-state index contributed by atoms with van der Waals surface area (Å²) in [4.78, 5) is 4.83. The average molecular weight is 359 g/mol. The number of rotatable bonds is 9. The Kier molecular flexibility index (Phi) is 9.10. The minimum absolute atomic E-state index is 0.208. The number of hydrogen-bond acceptors (Lipinski definition) is 6. The van der Waals surface area contributed by atoms with E-state index in [0.717, 1.165) is 58.6 Å². The molecule has 5 atom stereocenters. The van der Waals surface area contributed by atoms with Crippen molar-refractivity contribution in [1.82, 2.24) is 9.80 Å². The first kappa shape index (κ1) is 21.1. The maximum Gasteiger partial charge on any atom is 0.0614 e. The molecule has 2 N–H and O–H groups in total. The first-order valence-corrected chi connectivity index (χ1v) is 9.94. The van der Waals surface area contributed by atoms with Crippen LogP contribution in [0.4, 0.5) is 0 Å². The lowest BCUT2D eigenvalue weighted by Crippen LogP contribution is -2.48. The SMILES string of the molecule is CCN1CC[C@H](O)[C@H](COCCC(C)N2CCC(O)C(COC)C2)C1. The Morgan fingerprint density at radius 3 is 2.40 bits per heavy atom. The number of piperidine rings is 2. The largest absolute Gasteiger partial charge is 0.393 e. The molecule has 148 valence electrons. The molecular weight excluding hydrogens is 320 g/mol. The van der Waals surface area contributed by atoms with Crippen LogP contribution in [-0.4, -0.2) is 97.9 Å². The number of methoxy groups -OCH3 is 1. The topological polar surface area (TPSA) is 65.4 Å². The summed E-state index contributed by atoms with van der Waals surface area (Å²) in [6.45, 7) is 11.2. The van der Waals surface area contributed by atoms with Gasteiger partial charge in [0.2, 0.25) is 0 Å². The summed E-state index contributed by atoms with van der Waals surface area (Å²) in [6, 6.07) is 0.440. The number of nitrogens with zero attached hydrogens (tertiary/aromatic N) is 2. The Morgan fingerprint density at radius 2 is 1.72 bits per heavy atom. The fraction of sp³-hybridized carbons (Fsp3) is 1.00. The second-order valence-corrected chi connectivity index (χ2v) is 7.79. The summed E-state index contributed by atoms with van der Waals surface area (Å²) >= 11 is 0. The van der Waals surface area contributed by atoms with Gasteiger partial charge in [0.05, 0.1) is 25.4 Å². The summed E-state index contributed by atoms with van der Waals surface area (Å²) < 4.78 is 11.1. The summed E-state index contributed by atoms with van der Waals surface area (Å²) in [5.74, 6) is 0.444. The average Bonchev–Trinajstić information content (AvgIpc) is 2.62. The van der Waals surface area contributed by atoms with Crippen LogP contribution in [0.2, 0.25) is 0 Å². The highest BCUT2D eigenvalue weighted by Crippen LogP contribution is 2.21. The van der Waals surface area contributed by atoms with Crippen molar-refractivity contribution >= 4 is 0 Å². The number of ether oxygens (including phenoxy) is 2. The van der Waals surface area contributed by atoms with Gasteiger partial charge in [-0.05, 0) is 32.7 Å². The number of likely N-dealkylation sites (tertiary alicyclic amines) is 2. The second kappa shape index (κ2) is 10.8. The molecule has 0 aromatic rings. The highest BCUT2D eigenvalue weighted by molar-refractivity contribution is 4.83. The third-order valence-corrected chi connectivity index (χ3v) is 5.97. The van der Waals surface area contributed by atoms with Crippen molar-refractivity contribution in [3.05, 3.63) is 0 Å². The van der Waals surface area contributed by atoms with Gasteiger partial charge in [-0.1, -0.05) is 6.92 Å². The Labute approximate surface area is 153 Å². The minimum Gasteiger partial charge on any atom is -0.393 e. The van der Waals surface area contributed by atoms with Gasteiger partial charge in [-0.3, -0.25) is 0 Å². The molecule has 3 unspecified atom stereocenters. The van der Waals surface area contributed by atoms with E-state index >= 15 is 0 Å². The van der Waals surface area contributed by atoms with Crippen LogP contribution in [0.1, 0.15) is 33.1 Å². The van der Waals surface area contributed by atoms with E-state index in [0.29, 0.717) is 19.3 Å². The second-order valence-electron chi connectivity index (χ2n) is 7.79. The van der Waals surface area contributed by atoms with E-state index in [2.05, 4.69) is 23.6 Å². The molecule has 0 bridgehead atoms. The lowest BCUT2D eigenvalue weighted by atomic mass is 9.94. The van der Waals surface area contributed by atoms with Crippen LogP contribution in [0, 0.1) is 11.8 Å². The molecule has 0 spiro atoms. The molecule has 0 aromatic heterocycles. The van der Waals surface area contributed by atoms with Gasteiger partial charge in [0.25, 0.3) is 0 Å². The molecule has 2 fully saturated rings. The molecule has 2 rings (SSSR count). The van der Waals surface area contributed by atoms with Crippen molar-refractivity contribution < 1.29 is 19.7 Å². The van der Waals surface area contributed by atoms with Gasteiger partial charge in [-0.15, -0.1) is 0 Å². The van der Waals surface area contributed by atoms with E-state index in [1.54, 1.807) is 7.11 Å². The number of aliphatic hydroxyl groups is 2. The van der Waals surface area contributed by atoms with Gasteiger partial charge in [0, 0.05) is 57.8 Å². The van der Waals surface area contributed by atoms with Crippen LogP contribution in [0.5, 0.6) is 0 Å². The molecule has 0 amide bonds. The van der Waals surface area contributed by atoms with Crippen molar-refractivity contribution in [3.63, 3.8) is 0 Å². The first-order valence-electron chi connectivity index (χ1n) is 9.94. The van der Waals surface area contributed by atoms with E-state index in [1.807, 2.05) is 0 Å². The maximum atomic E-state index is 10.1. The van der Waals surface area contributed by atoms with Crippen LogP contribution in [0.3, 0.4) is 0 Å². The molecule has 2 aliphatic rings. The third-order valence-electron chi connectivity index (χ3n) is 5.97. The lowest BCUT2D eigenvalue weighted by molar-refractivity contribution is -0.0346. The Morgan fingerprint density at radius 1 is 1.04 bits per heavy atom. The van der Waals surface area contributed by atoms with Crippen molar-refractivity contribution in [1.29, 1.82) is 0 Å². The fourth-order valence-electron chi connectivity index (χ4n) is 4.04. The van der Waals surface area contributed by atoms with Crippen LogP contribution < -0.4 is 0 Å². The molecule has 0 aromatic carbocycles. The van der Waals surface area contributed by atoms with Gasteiger partial charge >= 0.3 is 0 Å². The van der Waals surface area contributed by atoms with Gasteiger partial charge in [-0.25, -0.2) is 0 Å². The van der Waals surface area contributed by atoms with Gasteiger partial charge < -0.3 is 29.5 Å². The molecule has 2 saturated heterocycles. The Hall–Kier alpha value is -0.240. The molecule has 6 nitrogen and oxygen atoms in total. The monoisotopic (exact) mass is 358 g/mol. The molecule has 25 heavy (non-hydrogen) atoms. The summed E-state index contributed by atoms with van der Waals surface area (Å²) in [5.41, 5.74) is 0. The highest BCUT2D eigenvalue weighted by Gasteiger charge is 2.30. The summed E-state index contributed by atoms with van der Waals surface area (Å²) in [6.07, 6.45) is 2.19. The van der Waals surface area contributed by atoms with Crippen molar-refractivity contribution in [3.8, 4) is 0 Å². The summed E-state index contributed by atoms with van der Waals surface area (Å²) in [7, 11) is 1.70. The minimum atomic E-state index is -0.242. The highest BCUT2D eigenvalue weighted by atomic mass is 16.5. The number of hydrogen-bond donors (Lipinski definition) is 2. The predicted molar refractivity (Wildman–Crippen MR) is 98.7 cm³/mol. The Balaban J connectivity index is 1.65. The van der Waals surface area contributed by atoms with Gasteiger partial charge in [-0.2, -0.15) is 0 Å². The van der Waals surface area contributed by atoms with Crippen LogP contribution >= 0.6 is 0 Å². The molecule has 2 heterocycles. The van der Waals surface area contributed by atoms with E-state index in [-0.39, 0.29) is 24.0 Å². The predicted octanol–water partition coefficient (Wildman–Crippen LogP) is 0.814. The molecule has 6 heteroatoms. The maximum absolute atomic E-state index is 10.1. The molecule has 0 saturated carbocycles. The fourth-order valence-corrected chi connectivity index (χ4v) is 4.04. The quantitative estimate of drug-likeness (QED) is 0.595. The van der Waals surface area contributed by atoms with E-state index in [4.69, 9.17) is 9.47 Å². The van der Waals surface area contributed by atoms with Crippen molar-refractivity contribution in [2.24, 2.45) is 11.8 Å². The van der Waals surface area contributed by atoms with Crippen molar-refractivity contribution in [2.75, 3.05) is 59.7 Å². The van der Waals surface area contributed by atoms with Gasteiger partial charge in [0.1, 0.15) is 0 Å². The zero-order chi connectivity index (χ0) is 18.2.